The third-order valence-corrected chi connectivity index (χ3v) is 7.55. The Hall–Kier alpha value is -2.64. The van der Waals surface area contributed by atoms with E-state index in [9.17, 15) is 5.26 Å². The Balaban J connectivity index is 1.66. The van der Waals surface area contributed by atoms with Gasteiger partial charge in [0.05, 0.1) is 5.56 Å². The van der Waals surface area contributed by atoms with Crippen LogP contribution in [0.2, 0.25) is 0 Å². The van der Waals surface area contributed by atoms with Gasteiger partial charge in [-0.15, -0.1) is 11.3 Å². The minimum Gasteiger partial charge on any atom is -0.318 e. The third kappa shape index (κ3) is 3.75. The average molecular weight is 416 g/mol. The van der Waals surface area contributed by atoms with Crippen LogP contribution in [0.25, 0.3) is 5.69 Å². The molecule has 30 heavy (non-hydrogen) atoms. The molecule has 0 fully saturated rings. The van der Waals surface area contributed by atoms with E-state index in [4.69, 9.17) is 4.99 Å². The molecule has 3 nitrogen and oxygen atoms in total. The van der Waals surface area contributed by atoms with Crippen molar-refractivity contribution in [2.45, 2.75) is 53.9 Å². The summed E-state index contributed by atoms with van der Waals surface area (Å²) in [6, 6.07) is 15.0. The van der Waals surface area contributed by atoms with Crippen molar-refractivity contribution in [1.29, 1.82) is 5.26 Å². The lowest BCUT2D eigenvalue weighted by atomic mass is 9.72. The molecule has 2 heterocycles. The first-order chi connectivity index (χ1) is 14.3. The van der Waals surface area contributed by atoms with E-state index in [1.165, 1.54) is 16.1 Å². The van der Waals surface area contributed by atoms with Gasteiger partial charge in [-0.2, -0.15) is 5.26 Å². The Morgan fingerprint density at radius 1 is 1.20 bits per heavy atom. The summed E-state index contributed by atoms with van der Waals surface area (Å²) in [5.41, 5.74) is 6.92. The van der Waals surface area contributed by atoms with Crippen LogP contribution in [0, 0.1) is 36.5 Å². The van der Waals surface area contributed by atoms with Crippen LogP contribution in [-0.4, -0.2) is 10.8 Å². The van der Waals surface area contributed by atoms with Gasteiger partial charge in [0, 0.05) is 33.7 Å². The summed E-state index contributed by atoms with van der Waals surface area (Å²) in [5, 5.41) is 10.7. The van der Waals surface area contributed by atoms with Crippen LogP contribution in [-0.2, 0) is 12.8 Å². The van der Waals surface area contributed by atoms with Crippen molar-refractivity contribution in [3.8, 4) is 11.8 Å². The lowest BCUT2D eigenvalue weighted by Crippen LogP contribution is -2.26. The number of hydrogen-bond donors (Lipinski definition) is 0. The Kier molecular flexibility index (Phi) is 5.42. The van der Waals surface area contributed by atoms with E-state index in [1.807, 2.05) is 12.3 Å². The van der Waals surface area contributed by atoms with E-state index in [0.717, 1.165) is 46.8 Å². The van der Waals surface area contributed by atoms with Crippen LogP contribution in [0.15, 0.2) is 41.4 Å². The van der Waals surface area contributed by atoms with Crippen LogP contribution in [0.1, 0.15) is 60.1 Å². The molecule has 0 aliphatic heterocycles. The first kappa shape index (κ1) is 20.6. The maximum absolute atomic E-state index is 9.82. The van der Waals surface area contributed by atoms with E-state index in [2.05, 4.69) is 75.6 Å². The molecule has 0 saturated carbocycles. The van der Waals surface area contributed by atoms with Crippen molar-refractivity contribution in [3.05, 3.63) is 69.4 Å². The number of fused-ring (bicyclic) bond motifs is 1. The number of aromatic nitrogens is 1. The second-order valence-electron chi connectivity index (χ2n) is 9.36. The summed E-state index contributed by atoms with van der Waals surface area (Å²) in [5.74, 6) is 0.664. The van der Waals surface area contributed by atoms with Crippen LogP contribution in [0.5, 0.6) is 0 Å². The molecule has 0 unspecified atom stereocenters. The zero-order chi connectivity index (χ0) is 21.5. The van der Waals surface area contributed by atoms with Gasteiger partial charge in [0.15, 0.2) is 0 Å². The molecular formula is C26H29N3S. The normalized spacial score (nSPS) is 16.6. The standard InChI is InChI=1S/C26H29N3S/c1-17-13-19(18(2)29(17)21-9-7-6-8-10-21)16-28-25-23(15-27)22-12-11-20(26(3,4)5)14-24(22)30-25/h6-10,13,16,20H,11-12,14H2,1-5H3/t20-/m1/s1. The molecule has 0 radical (unpaired) electrons. The Morgan fingerprint density at radius 2 is 1.93 bits per heavy atom. The van der Waals surface area contributed by atoms with Gasteiger partial charge in [0.2, 0.25) is 0 Å². The molecule has 1 aliphatic rings. The maximum atomic E-state index is 9.82. The van der Waals surface area contributed by atoms with Crippen molar-refractivity contribution in [1.82, 2.24) is 4.57 Å². The van der Waals surface area contributed by atoms with Gasteiger partial charge in [-0.25, -0.2) is 4.99 Å². The summed E-state index contributed by atoms with van der Waals surface area (Å²) < 4.78 is 2.25. The zero-order valence-electron chi connectivity index (χ0n) is 18.5. The largest absolute Gasteiger partial charge is 0.318 e. The molecule has 4 rings (SSSR count). The predicted molar refractivity (Wildman–Crippen MR) is 127 cm³/mol. The fourth-order valence-electron chi connectivity index (χ4n) is 4.54. The smallest absolute Gasteiger partial charge is 0.134 e. The highest BCUT2D eigenvalue weighted by molar-refractivity contribution is 7.16. The number of thiophene rings is 1. The monoisotopic (exact) mass is 415 g/mol. The topological polar surface area (TPSA) is 41.1 Å². The Bertz CT molecular complexity index is 1130. The number of aryl methyl sites for hydroxylation is 1. The summed E-state index contributed by atoms with van der Waals surface area (Å²) >= 11 is 1.71. The highest BCUT2D eigenvalue weighted by Crippen LogP contribution is 2.44. The molecule has 154 valence electrons. The second kappa shape index (κ2) is 7.89. The maximum Gasteiger partial charge on any atom is 0.134 e. The molecule has 0 saturated heterocycles. The molecule has 1 aliphatic carbocycles. The zero-order valence-corrected chi connectivity index (χ0v) is 19.3. The van der Waals surface area contributed by atoms with Crippen LogP contribution >= 0.6 is 11.3 Å². The highest BCUT2D eigenvalue weighted by atomic mass is 32.1. The molecular weight excluding hydrogens is 386 g/mol. The minimum absolute atomic E-state index is 0.299. The van der Waals surface area contributed by atoms with Crippen molar-refractivity contribution in [3.63, 3.8) is 0 Å². The number of aliphatic imine (C=N–C) groups is 1. The Morgan fingerprint density at radius 3 is 2.60 bits per heavy atom. The van der Waals surface area contributed by atoms with Crippen molar-refractivity contribution < 1.29 is 0 Å². The van der Waals surface area contributed by atoms with Gasteiger partial charge in [-0.05, 0) is 68.2 Å². The van der Waals surface area contributed by atoms with E-state index >= 15 is 0 Å². The lowest BCUT2D eigenvalue weighted by molar-refractivity contribution is 0.218. The van der Waals surface area contributed by atoms with Gasteiger partial charge in [0.1, 0.15) is 11.1 Å². The molecule has 0 N–H and O–H groups in total. The van der Waals surface area contributed by atoms with E-state index in [0.29, 0.717) is 11.3 Å². The van der Waals surface area contributed by atoms with Crippen molar-refractivity contribution >= 4 is 22.6 Å². The van der Waals surface area contributed by atoms with E-state index < -0.39 is 0 Å². The molecule has 1 aromatic carbocycles. The minimum atomic E-state index is 0.299. The van der Waals surface area contributed by atoms with Gasteiger partial charge >= 0.3 is 0 Å². The number of para-hydroxylation sites is 1. The summed E-state index contributed by atoms with van der Waals surface area (Å²) in [6.45, 7) is 11.2. The van der Waals surface area contributed by atoms with Gasteiger partial charge in [0.25, 0.3) is 0 Å². The average Bonchev–Trinajstić information content (AvgIpc) is 3.21. The number of rotatable bonds is 3. The fraction of sp³-hybridized carbons (Fsp3) is 0.385. The summed E-state index contributed by atoms with van der Waals surface area (Å²) in [4.78, 5) is 6.17. The quantitative estimate of drug-likeness (QED) is 0.428. The number of hydrogen-bond acceptors (Lipinski definition) is 3. The molecule has 0 amide bonds. The first-order valence-corrected chi connectivity index (χ1v) is 11.4. The predicted octanol–water partition coefficient (Wildman–Crippen LogP) is 6.93. The number of nitrogens with zero attached hydrogens (tertiary/aromatic N) is 3. The van der Waals surface area contributed by atoms with E-state index in [-0.39, 0.29) is 0 Å². The van der Waals surface area contributed by atoms with Gasteiger partial charge in [-0.3, -0.25) is 0 Å². The molecule has 3 aromatic rings. The lowest BCUT2D eigenvalue weighted by Gasteiger charge is -2.33. The highest BCUT2D eigenvalue weighted by Gasteiger charge is 2.32. The third-order valence-electron chi connectivity index (χ3n) is 6.39. The second-order valence-corrected chi connectivity index (χ2v) is 10.4. The number of benzene rings is 1. The first-order valence-electron chi connectivity index (χ1n) is 10.6. The van der Waals surface area contributed by atoms with E-state index in [1.54, 1.807) is 11.3 Å². The SMILES string of the molecule is Cc1cc(C=Nc2sc3c(c2C#N)CC[C@@H](C(C)(C)C)C3)c(C)n1-c1ccccc1. The van der Waals surface area contributed by atoms with Crippen LogP contribution < -0.4 is 0 Å². The molecule has 0 bridgehead atoms. The van der Waals surface area contributed by atoms with Crippen molar-refractivity contribution in [2.24, 2.45) is 16.3 Å². The molecule has 0 spiro atoms. The summed E-state index contributed by atoms with van der Waals surface area (Å²) in [7, 11) is 0. The molecule has 4 heteroatoms. The van der Waals surface area contributed by atoms with Gasteiger partial charge < -0.3 is 4.57 Å². The van der Waals surface area contributed by atoms with Crippen LogP contribution in [0.3, 0.4) is 0 Å². The van der Waals surface area contributed by atoms with Crippen molar-refractivity contribution in [2.75, 3.05) is 0 Å². The summed E-state index contributed by atoms with van der Waals surface area (Å²) in [6.07, 6.45) is 5.15. The molecule has 2 aromatic heterocycles. The fourth-order valence-corrected chi connectivity index (χ4v) is 5.76. The van der Waals surface area contributed by atoms with Gasteiger partial charge in [-0.1, -0.05) is 39.0 Å². The Labute approximate surface area is 183 Å². The number of nitriles is 1. The van der Waals surface area contributed by atoms with Crippen LogP contribution in [0.4, 0.5) is 5.00 Å². The molecule has 1 atom stereocenters.